The number of halogens is 3. The number of hydrogen-bond acceptors (Lipinski definition) is 0. The van der Waals surface area contributed by atoms with E-state index in [0.29, 0.717) is 29.4 Å². The quantitative estimate of drug-likeness (QED) is 0.362. The fraction of sp³-hybridized carbons (Fsp3) is 0.548. The molecule has 0 amide bonds. The summed E-state index contributed by atoms with van der Waals surface area (Å²) in [6, 6.07) is 9.33. The Balaban J connectivity index is 1.32. The first-order valence-corrected chi connectivity index (χ1v) is 13.4. The summed E-state index contributed by atoms with van der Waals surface area (Å²) in [4.78, 5) is 0. The smallest absolute Gasteiger partial charge is 0.166 e. The molecule has 0 bridgehead atoms. The van der Waals surface area contributed by atoms with E-state index in [0.717, 1.165) is 87.3 Å². The predicted octanol–water partition coefficient (Wildman–Crippen LogP) is 9.56. The molecule has 2 aromatic carbocycles. The summed E-state index contributed by atoms with van der Waals surface area (Å²) >= 11 is 0. The third-order valence-electron chi connectivity index (χ3n) is 8.32. The van der Waals surface area contributed by atoms with Crippen molar-refractivity contribution in [3.05, 3.63) is 76.1 Å². The summed E-state index contributed by atoms with van der Waals surface area (Å²) < 4.78 is 44.4. The molecule has 0 heterocycles. The average molecular weight is 469 g/mol. The standard InChI is InChI=1S/C31H39F3/c1-3-5-23-11-18-27(29(32)20-23)24-14-8-22(9-15-24)10-16-26-17-19-28(31(34)30(26)33)25-12-6-21(4-2)7-13-25/h11-12,17-22,24H,3-10,13-16H2,1-2H3. The lowest BCUT2D eigenvalue weighted by molar-refractivity contribution is 0.305. The molecule has 2 aliphatic rings. The Kier molecular flexibility index (Phi) is 8.55. The van der Waals surface area contributed by atoms with Gasteiger partial charge in [-0.1, -0.05) is 57.0 Å². The van der Waals surface area contributed by atoms with Gasteiger partial charge in [0.25, 0.3) is 0 Å². The van der Waals surface area contributed by atoms with Crippen LogP contribution in [0.3, 0.4) is 0 Å². The van der Waals surface area contributed by atoms with Gasteiger partial charge in [-0.2, -0.15) is 0 Å². The molecule has 1 unspecified atom stereocenters. The zero-order valence-corrected chi connectivity index (χ0v) is 20.8. The van der Waals surface area contributed by atoms with Crippen molar-refractivity contribution >= 4 is 5.57 Å². The third kappa shape index (κ3) is 5.78. The second-order valence-corrected chi connectivity index (χ2v) is 10.5. The van der Waals surface area contributed by atoms with E-state index in [2.05, 4.69) is 26.0 Å². The summed E-state index contributed by atoms with van der Waals surface area (Å²) in [6.07, 6.45) is 13.4. The topological polar surface area (TPSA) is 0 Å². The molecule has 1 fully saturated rings. The van der Waals surface area contributed by atoms with Gasteiger partial charge < -0.3 is 0 Å². The first-order valence-electron chi connectivity index (χ1n) is 13.4. The van der Waals surface area contributed by atoms with Gasteiger partial charge in [-0.3, -0.25) is 0 Å². The van der Waals surface area contributed by atoms with Crippen LogP contribution in [0.15, 0.2) is 36.4 Å². The molecule has 34 heavy (non-hydrogen) atoms. The lowest BCUT2D eigenvalue weighted by Crippen LogP contribution is -2.15. The van der Waals surface area contributed by atoms with Crippen LogP contribution < -0.4 is 0 Å². The van der Waals surface area contributed by atoms with Crippen LogP contribution >= 0.6 is 0 Å². The van der Waals surface area contributed by atoms with E-state index in [1.807, 2.05) is 6.07 Å². The molecule has 1 atom stereocenters. The Morgan fingerprint density at radius 2 is 1.62 bits per heavy atom. The lowest BCUT2D eigenvalue weighted by Gasteiger charge is -2.29. The maximum Gasteiger partial charge on any atom is 0.166 e. The van der Waals surface area contributed by atoms with E-state index in [4.69, 9.17) is 0 Å². The van der Waals surface area contributed by atoms with E-state index < -0.39 is 11.6 Å². The molecule has 3 heteroatoms. The van der Waals surface area contributed by atoms with Crippen molar-refractivity contribution in [1.29, 1.82) is 0 Å². The van der Waals surface area contributed by atoms with Crippen molar-refractivity contribution in [2.75, 3.05) is 0 Å². The number of rotatable bonds is 8. The Morgan fingerprint density at radius 3 is 2.26 bits per heavy atom. The second-order valence-electron chi connectivity index (χ2n) is 10.5. The fourth-order valence-corrected chi connectivity index (χ4v) is 6.00. The highest BCUT2D eigenvalue weighted by Crippen LogP contribution is 2.39. The summed E-state index contributed by atoms with van der Waals surface area (Å²) in [5, 5.41) is 0. The highest BCUT2D eigenvalue weighted by atomic mass is 19.2. The highest BCUT2D eigenvalue weighted by Gasteiger charge is 2.25. The molecule has 4 rings (SSSR count). The van der Waals surface area contributed by atoms with Gasteiger partial charge in [0, 0.05) is 5.56 Å². The third-order valence-corrected chi connectivity index (χ3v) is 8.32. The van der Waals surface area contributed by atoms with Crippen LogP contribution in [-0.2, 0) is 12.8 Å². The molecule has 1 saturated carbocycles. The van der Waals surface area contributed by atoms with Gasteiger partial charge in [-0.25, -0.2) is 13.2 Å². The van der Waals surface area contributed by atoms with Crippen LogP contribution in [0.25, 0.3) is 5.57 Å². The zero-order valence-electron chi connectivity index (χ0n) is 20.8. The molecule has 0 nitrogen and oxygen atoms in total. The molecule has 0 spiro atoms. The minimum atomic E-state index is -0.676. The molecule has 0 aliphatic heterocycles. The summed E-state index contributed by atoms with van der Waals surface area (Å²) in [5.74, 6) is 0.0286. The van der Waals surface area contributed by atoms with Crippen molar-refractivity contribution in [1.82, 2.24) is 0 Å². The van der Waals surface area contributed by atoms with Crippen molar-refractivity contribution < 1.29 is 13.2 Å². The summed E-state index contributed by atoms with van der Waals surface area (Å²) in [7, 11) is 0. The number of hydrogen-bond donors (Lipinski definition) is 0. The van der Waals surface area contributed by atoms with Crippen LogP contribution in [0.2, 0.25) is 0 Å². The number of benzene rings is 2. The summed E-state index contributed by atoms with van der Waals surface area (Å²) in [6.45, 7) is 4.30. The van der Waals surface area contributed by atoms with E-state index in [9.17, 15) is 13.2 Å². The van der Waals surface area contributed by atoms with Crippen molar-refractivity contribution in [3.8, 4) is 0 Å². The van der Waals surface area contributed by atoms with Gasteiger partial charge in [0.15, 0.2) is 11.6 Å². The van der Waals surface area contributed by atoms with Crippen LogP contribution in [-0.4, -0.2) is 0 Å². The van der Waals surface area contributed by atoms with Crippen molar-refractivity contribution in [2.24, 2.45) is 11.8 Å². The lowest BCUT2D eigenvalue weighted by atomic mass is 9.76. The molecule has 184 valence electrons. The molecule has 2 aromatic rings. The Hall–Kier alpha value is -2.03. The maximum atomic E-state index is 14.9. The first kappa shape index (κ1) is 25.1. The molecule has 0 N–H and O–H groups in total. The molecule has 2 aliphatic carbocycles. The summed E-state index contributed by atoms with van der Waals surface area (Å²) in [5.41, 5.74) is 3.82. The van der Waals surface area contributed by atoms with Gasteiger partial charge in [-0.05, 0) is 110 Å². The molecule has 0 radical (unpaired) electrons. The minimum Gasteiger partial charge on any atom is -0.207 e. The van der Waals surface area contributed by atoms with E-state index in [-0.39, 0.29) is 11.7 Å². The second kappa shape index (κ2) is 11.6. The van der Waals surface area contributed by atoms with E-state index in [1.165, 1.54) is 0 Å². The van der Waals surface area contributed by atoms with Crippen molar-refractivity contribution in [2.45, 2.75) is 96.8 Å². The van der Waals surface area contributed by atoms with E-state index in [1.54, 1.807) is 18.2 Å². The Bertz CT molecular complexity index is 998. The van der Waals surface area contributed by atoms with Gasteiger partial charge in [0.1, 0.15) is 5.82 Å². The minimum absolute atomic E-state index is 0.0645. The highest BCUT2D eigenvalue weighted by molar-refractivity contribution is 5.67. The molecular weight excluding hydrogens is 429 g/mol. The van der Waals surface area contributed by atoms with E-state index >= 15 is 0 Å². The van der Waals surface area contributed by atoms with Crippen LogP contribution in [0, 0.1) is 29.3 Å². The molecule has 0 saturated heterocycles. The van der Waals surface area contributed by atoms with Crippen LogP contribution in [0.1, 0.15) is 106 Å². The first-order chi connectivity index (χ1) is 16.5. The maximum absolute atomic E-state index is 14.9. The zero-order chi connectivity index (χ0) is 24.1. The number of aryl methyl sites for hydroxylation is 2. The van der Waals surface area contributed by atoms with Crippen LogP contribution in [0.5, 0.6) is 0 Å². The van der Waals surface area contributed by atoms with Gasteiger partial charge in [0.05, 0.1) is 0 Å². The van der Waals surface area contributed by atoms with Gasteiger partial charge in [-0.15, -0.1) is 0 Å². The SMILES string of the molecule is CCCc1ccc(C2CCC(CCc3ccc(C4=CCC(CC)CC4)c(F)c3F)CC2)c(F)c1. The number of allylic oxidation sites excluding steroid dienone is 2. The normalized spacial score (nSPS) is 23.1. The molecule has 0 aromatic heterocycles. The van der Waals surface area contributed by atoms with Gasteiger partial charge in [0.2, 0.25) is 0 Å². The van der Waals surface area contributed by atoms with Gasteiger partial charge >= 0.3 is 0 Å². The van der Waals surface area contributed by atoms with Crippen LogP contribution in [0.4, 0.5) is 13.2 Å². The van der Waals surface area contributed by atoms with Crippen molar-refractivity contribution in [3.63, 3.8) is 0 Å². The fourth-order valence-electron chi connectivity index (χ4n) is 6.00. The monoisotopic (exact) mass is 468 g/mol. The predicted molar refractivity (Wildman–Crippen MR) is 135 cm³/mol. The Labute approximate surface area is 203 Å². The largest absolute Gasteiger partial charge is 0.207 e. The Morgan fingerprint density at radius 1 is 0.824 bits per heavy atom. The average Bonchev–Trinajstić information content (AvgIpc) is 2.86. The molecular formula is C31H39F3.